The summed E-state index contributed by atoms with van der Waals surface area (Å²) in [6.07, 6.45) is 0. The maximum absolute atomic E-state index is 11.7. The largest absolute Gasteiger partial charge is 0.496 e. The van der Waals surface area contributed by atoms with Crippen LogP contribution in [0.1, 0.15) is 0 Å². The number of fused-ring (bicyclic) bond motifs is 1. The highest BCUT2D eigenvalue weighted by atomic mass is 16.5. The van der Waals surface area contributed by atoms with Crippen LogP contribution in [0.4, 0.5) is 5.69 Å². The Morgan fingerprint density at radius 1 is 1.08 bits per heavy atom. The average Bonchev–Trinajstić information content (AvgIpc) is 2.61. The number of carbonyl (C=O) groups is 1. The van der Waals surface area contributed by atoms with E-state index in [4.69, 9.17) is 14.5 Å². The Morgan fingerprint density at radius 3 is 2.58 bits per heavy atom. The number of rotatable bonds is 5. The molecular formula is C19H18N2O3. The van der Waals surface area contributed by atoms with Gasteiger partial charge in [-0.3, -0.25) is 4.79 Å². The lowest BCUT2D eigenvalue weighted by Crippen LogP contribution is -2.16. The Labute approximate surface area is 140 Å². The quantitative estimate of drug-likeness (QED) is 0.781. The van der Waals surface area contributed by atoms with Crippen LogP contribution >= 0.6 is 0 Å². The van der Waals surface area contributed by atoms with Crippen molar-refractivity contribution in [3.05, 3.63) is 54.6 Å². The summed E-state index contributed by atoms with van der Waals surface area (Å²) >= 11 is 0. The second-order valence-corrected chi connectivity index (χ2v) is 5.29. The van der Waals surface area contributed by atoms with Gasteiger partial charge >= 0.3 is 0 Å². The molecule has 0 aliphatic carbocycles. The summed E-state index contributed by atoms with van der Waals surface area (Å²) < 4.78 is 10.3. The van der Waals surface area contributed by atoms with Gasteiger partial charge in [0.05, 0.1) is 18.3 Å². The summed E-state index contributed by atoms with van der Waals surface area (Å²) in [5.41, 5.74) is 3.35. The van der Waals surface area contributed by atoms with E-state index in [9.17, 15) is 4.79 Å². The van der Waals surface area contributed by atoms with Crippen LogP contribution in [0.15, 0.2) is 54.6 Å². The zero-order valence-corrected chi connectivity index (χ0v) is 13.6. The number of nitrogens with zero attached hydrogens (tertiary/aromatic N) is 1. The molecular weight excluding hydrogens is 304 g/mol. The molecule has 1 amide bonds. The van der Waals surface area contributed by atoms with Crippen molar-refractivity contribution in [1.82, 2.24) is 4.98 Å². The third kappa shape index (κ3) is 3.36. The van der Waals surface area contributed by atoms with Gasteiger partial charge in [-0.2, -0.15) is 0 Å². The first-order valence-corrected chi connectivity index (χ1v) is 7.54. The predicted octanol–water partition coefficient (Wildman–Crippen LogP) is 3.50. The highest BCUT2D eigenvalue weighted by molar-refractivity contribution is 5.96. The summed E-state index contributed by atoms with van der Waals surface area (Å²) in [5.74, 6) is 0.506. The first kappa shape index (κ1) is 16.0. The number of methoxy groups -OCH3 is 2. The highest BCUT2D eigenvalue weighted by Crippen LogP contribution is 2.31. The molecule has 0 aliphatic heterocycles. The van der Waals surface area contributed by atoms with E-state index < -0.39 is 0 Å². The number of carbonyl (C=O) groups excluding carboxylic acids is 1. The molecule has 1 N–H and O–H groups in total. The third-order valence-electron chi connectivity index (χ3n) is 3.62. The van der Waals surface area contributed by atoms with Gasteiger partial charge in [0, 0.05) is 29.8 Å². The van der Waals surface area contributed by atoms with E-state index in [1.54, 1.807) is 7.11 Å². The second kappa shape index (κ2) is 7.10. The van der Waals surface area contributed by atoms with E-state index in [-0.39, 0.29) is 12.5 Å². The van der Waals surface area contributed by atoms with Crippen molar-refractivity contribution in [2.75, 3.05) is 26.1 Å². The van der Waals surface area contributed by atoms with Crippen LogP contribution in [-0.4, -0.2) is 31.7 Å². The number of benzene rings is 2. The first-order valence-electron chi connectivity index (χ1n) is 7.54. The molecule has 1 heterocycles. The minimum absolute atomic E-state index is 0.0143. The van der Waals surface area contributed by atoms with Crippen LogP contribution in [-0.2, 0) is 9.53 Å². The van der Waals surface area contributed by atoms with Gasteiger partial charge < -0.3 is 14.8 Å². The fourth-order valence-electron chi connectivity index (χ4n) is 2.53. The van der Waals surface area contributed by atoms with E-state index in [1.807, 2.05) is 54.6 Å². The number of aromatic nitrogens is 1. The molecule has 122 valence electrons. The van der Waals surface area contributed by atoms with E-state index in [0.717, 1.165) is 22.2 Å². The van der Waals surface area contributed by atoms with Crippen molar-refractivity contribution in [2.45, 2.75) is 0 Å². The minimum Gasteiger partial charge on any atom is -0.496 e. The van der Waals surface area contributed by atoms with Crippen LogP contribution in [0.25, 0.3) is 22.2 Å². The Hall–Kier alpha value is -2.92. The zero-order valence-electron chi connectivity index (χ0n) is 13.6. The summed E-state index contributed by atoms with van der Waals surface area (Å²) in [7, 11) is 3.11. The molecule has 0 saturated heterocycles. The number of hydrogen-bond acceptors (Lipinski definition) is 4. The van der Waals surface area contributed by atoms with E-state index in [0.29, 0.717) is 11.4 Å². The van der Waals surface area contributed by atoms with Crippen molar-refractivity contribution in [2.24, 2.45) is 0 Å². The average molecular weight is 322 g/mol. The normalized spacial score (nSPS) is 10.6. The summed E-state index contributed by atoms with van der Waals surface area (Å²) in [6.45, 7) is 0.0143. The molecule has 24 heavy (non-hydrogen) atoms. The van der Waals surface area contributed by atoms with Gasteiger partial charge in [-0.1, -0.05) is 30.3 Å². The lowest BCUT2D eigenvalue weighted by molar-refractivity contribution is -0.119. The topological polar surface area (TPSA) is 60.5 Å². The summed E-state index contributed by atoms with van der Waals surface area (Å²) in [6, 6.07) is 17.4. The number of amides is 1. The molecule has 3 aromatic rings. The molecule has 0 unspecified atom stereocenters. The van der Waals surface area contributed by atoms with Gasteiger partial charge in [0.15, 0.2) is 0 Å². The molecule has 1 aromatic heterocycles. The number of ether oxygens (including phenoxy) is 2. The van der Waals surface area contributed by atoms with Crippen molar-refractivity contribution in [3.63, 3.8) is 0 Å². The number of nitrogens with one attached hydrogen (secondary N) is 1. The minimum atomic E-state index is -0.204. The third-order valence-corrected chi connectivity index (χ3v) is 3.62. The zero-order chi connectivity index (χ0) is 16.9. The molecule has 0 saturated carbocycles. The van der Waals surface area contributed by atoms with Crippen molar-refractivity contribution in [3.8, 4) is 17.0 Å². The Balaban J connectivity index is 2.03. The molecule has 0 fully saturated rings. The number of anilines is 1. The fourth-order valence-corrected chi connectivity index (χ4v) is 2.53. The van der Waals surface area contributed by atoms with Gasteiger partial charge in [-0.05, 0) is 18.2 Å². The Morgan fingerprint density at radius 2 is 1.88 bits per heavy atom. The highest BCUT2D eigenvalue weighted by Gasteiger charge is 2.10. The van der Waals surface area contributed by atoms with Gasteiger partial charge in [-0.25, -0.2) is 4.98 Å². The van der Waals surface area contributed by atoms with E-state index in [1.165, 1.54) is 7.11 Å². The van der Waals surface area contributed by atoms with Crippen LogP contribution in [0.5, 0.6) is 5.75 Å². The van der Waals surface area contributed by atoms with Gasteiger partial charge in [-0.15, -0.1) is 0 Å². The van der Waals surface area contributed by atoms with Gasteiger partial charge in [0.25, 0.3) is 0 Å². The van der Waals surface area contributed by atoms with Gasteiger partial charge in [0.1, 0.15) is 12.4 Å². The maximum Gasteiger partial charge on any atom is 0.250 e. The van der Waals surface area contributed by atoms with Crippen molar-refractivity contribution < 1.29 is 14.3 Å². The molecule has 2 aromatic carbocycles. The molecule has 0 atom stereocenters. The van der Waals surface area contributed by atoms with E-state index in [2.05, 4.69) is 5.32 Å². The Bertz CT molecular complexity index is 863. The molecule has 0 aliphatic rings. The van der Waals surface area contributed by atoms with E-state index >= 15 is 0 Å². The molecule has 3 rings (SSSR count). The lowest BCUT2D eigenvalue weighted by Gasteiger charge is -2.11. The number of hydrogen-bond donors (Lipinski definition) is 1. The molecule has 0 bridgehead atoms. The predicted molar refractivity (Wildman–Crippen MR) is 94.2 cm³/mol. The fraction of sp³-hybridized carbons (Fsp3) is 0.158. The Kier molecular flexibility index (Phi) is 4.72. The molecule has 5 heteroatoms. The second-order valence-electron chi connectivity index (χ2n) is 5.29. The maximum atomic E-state index is 11.7. The van der Waals surface area contributed by atoms with Crippen LogP contribution in [0.3, 0.4) is 0 Å². The summed E-state index contributed by atoms with van der Waals surface area (Å²) in [4.78, 5) is 16.4. The number of pyridine rings is 1. The SMILES string of the molecule is COCC(=O)Nc1ccc2nc(-c3ccccc3)cc(OC)c2c1. The smallest absolute Gasteiger partial charge is 0.250 e. The van der Waals surface area contributed by atoms with Crippen molar-refractivity contribution >= 4 is 22.5 Å². The monoisotopic (exact) mass is 322 g/mol. The van der Waals surface area contributed by atoms with Crippen LogP contribution in [0.2, 0.25) is 0 Å². The van der Waals surface area contributed by atoms with Gasteiger partial charge in [0.2, 0.25) is 5.91 Å². The van der Waals surface area contributed by atoms with Crippen molar-refractivity contribution in [1.29, 1.82) is 0 Å². The molecule has 0 radical (unpaired) electrons. The first-order chi connectivity index (χ1) is 11.7. The molecule has 0 spiro atoms. The lowest BCUT2D eigenvalue weighted by atomic mass is 10.1. The molecule has 5 nitrogen and oxygen atoms in total. The van der Waals surface area contributed by atoms with Crippen LogP contribution in [0, 0.1) is 0 Å². The van der Waals surface area contributed by atoms with Crippen LogP contribution < -0.4 is 10.1 Å². The standard InChI is InChI=1S/C19H18N2O3/c1-23-12-19(22)20-14-8-9-16-15(10-14)18(24-2)11-17(21-16)13-6-4-3-5-7-13/h3-11H,12H2,1-2H3,(H,20,22). The summed E-state index contributed by atoms with van der Waals surface area (Å²) in [5, 5.41) is 3.63.